The number of aryl methyl sites for hydroxylation is 1. The second kappa shape index (κ2) is 13.8. The van der Waals surface area contributed by atoms with Crippen LogP contribution >= 0.6 is 0 Å². The first-order valence-corrected chi connectivity index (χ1v) is 22.7. The summed E-state index contributed by atoms with van der Waals surface area (Å²) in [5, 5.41) is 4.52. The number of benzene rings is 5. The topological polar surface area (TPSA) is 38.9 Å². The molecule has 47 heavy (non-hydrogen) atoms. The van der Waals surface area contributed by atoms with Crippen LogP contribution < -0.4 is 4.40 Å². The van der Waals surface area contributed by atoms with E-state index in [0.29, 0.717) is 5.56 Å². The van der Waals surface area contributed by atoms with Gasteiger partial charge in [-0.1, -0.05) is 49.3 Å². The Hall–Kier alpha value is -4.35. The minimum absolute atomic E-state index is 0. The number of hydrogen-bond donors (Lipinski definition) is 0. The zero-order chi connectivity index (χ0) is 34.2. The van der Waals surface area contributed by atoms with Crippen molar-refractivity contribution in [1.82, 2.24) is 9.97 Å². The van der Waals surface area contributed by atoms with E-state index in [-0.39, 0.29) is 20.1 Å². The molecule has 3 heterocycles. The van der Waals surface area contributed by atoms with Crippen molar-refractivity contribution >= 4 is 50.4 Å². The van der Waals surface area contributed by atoms with Gasteiger partial charge in [0.2, 0.25) is 0 Å². The monoisotopic (exact) mass is 852 g/mol. The van der Waals surface area contributed by atoms with Crippen LogP contribution in [0.1, 0.15) is 9.68 Å². The molecule has 0 aliphatic rings. The van der Waals surface area contributed by atoms with Gasteiger partial charge in [-0.05, 0) is 17.1 Å². The van der Waals surface area contributed by atoms with Crippen LogP contribution in [-0.4, -0.2) is 23.2 Å². The molecule has 233 valence electrons. The molecule has 3 aromatic heterocycles. The first-order chi connectivity index (χ1) is 23.6. The van der Waals surface area contributed by atoms with E-state index in [2.05, 4.69) is 113 Å². The predicted octanol–water partition coefficient (Wildman–Crippen LogP) is 10.7. The molecular weight excluding hydrogens is 813 g/mol. The third-order valence-electron chi connectivity index (χ3n) is 8.18. The van der Waals surface area contributed by atoms with Crippen molar-refractivity contribution in [2.45, 2.75) is 24.1 Å². The first kappa shape index (κ1) is 28.8. The standard InChI is InChI=1S/C30H24GeNO.C12H10N.Ir/c1-31(2,3)23-14-11-20(12-15-23)22-17-18-32-28(19-22)27-10-6-9-25-26-16-13-21-7-4-5-8-24(21)29(26)33-30(25)27;1-10-5-7-11(8-6-10)12-4-2-3-9-13-12;/h4-9,11-19H,1-3H3;2-7,9H,1H3;/q2*-1;/i;1D3;. The van der Waals surface area contributed by atoms with Gasteiger partial charge >= 0.3 is 161 Å². The summed E-state index contributed by atoms with van der Waals surface area (Å²) in [5.41, 5.74) is 7.78. The van der Waals surface area contributed by atoms with Crippen molar-refractivity contribution in [2.24, 2.45) is 0 Å². The summed E-state index contributed by atoms with van der Waals surface area (Å²) in [7, 11) is 0. The summed E-state index contributed by atoms with van der Waals surface area (Å²) in [4.78, 5) is 8.86. The average Bonchev–Trinajstić information content (AvgIpc) is 3.51. The molecule has 0 aliphatic carbocycles. The van der Waals surface area contributed by atoms with Crippen LogP contribution in [0.5, 0.6) is 0 Å². The molecule has 0 bridgehead atoms. The third-order valence-corrected chi connectivity index (χ3v) is 12.5. The summed E-state index contributed by atoms with van der Waals surface area (Å²) in [6.45, 7) is -2.07. The second-order valence-electron chi connectivity index (χ2n) is 12.3. The van der Waals surface area contributed by atoms with Crippen molar-refractivity contribution < 1.29 is 28.6 Å². The van der Waals surface area contributed by atoms with E-state index in [4.69, 9.17) is 13.5 Å². The van der Waals surface area contributed by atoms with Crippen LogP contribution in [0.3, 0.4) is 0 Å². The van der Waals surface area contributed by atoms with Crippen LogP contribution in [0.2, 0.25) is 17.3 Å². The van der Waals surface area contributed by atoms with Gasteiger partial charge in [-0.15, -0.1) is 35.4 Å². The molecule has 0 spiro atoms. The Balaban J connectivity index is 0.000000215. The van der Waals surface area contributed by atoms with Gasteiger partial charge in [0.15, 0.2) is 0 Å². The summed E-state index contributed by atoms with van der Waals surface area (Å²) in [6.07, 6.45) is 3.58. The fourth-order valence-corrected chi connectivity index (χ4v) is 8.12. The molecule has 8 rings (SSSR count). The van der Waals surface area contributed by atoms with Crippen LogP contribution in [0, 0.1) is 19.0 Å². The number of hydrogen-bond acceptors (Lipinski definition) is 3. The quantitative estimate of drug-likeness (QED) is 0.131. The molecule has 0 unspecified atom stereocenters. The largest absolute Gasteiger partial charge is 0 e. The smallest absolute Gasteiger partial charge is 0 e. The van der Waals surface area contributed by atoms with E-state index in [9.17, 15) is 0 Å². The van der Waals surface area contributed by atoms with Gasteiger partial charge in [0.25, 0.3) is 0 Å². The van der Waals surface area contributed by atoms with E-state index >= 15 is 0 Å². The van der Waals surface area contributed by atoms with Gasteiger partial charge in [0.05, 0.1) is 0 Å². The van der Waals surface area contributed by atoms with Gasteiger partial charge in [-0.25, -0.2) is 0 Å². The van der Waals surface area contributed by atoms with Gasteiger partial charge in [0.1, 0.15) is 0 Å². The molecule has 1 radical (unpaired) electrons. The van der Waals surface area contributed by atoms with Crippen molar-refractivity contribution in [2.75, 3.05) is 0 Å². The number of aromatic nitrogens is 2. The van der Waals surface area contributed by atoms with Crippen molar-refractivity contribution in [3.8, 4) is 33.6 Å². The Kier molecular flexibility index (Phi) is 8.46. The molecule has 0 amide bonds. The maximum atomic E-state index is 7.25. The molecule has 0 N–H and O–H groups in total. The van der Waals surface area contributed by atoms with Crippen molar-refractivity contribution in [3.05, 3.63) is 151 Å². The van der Waals surface area contributed by atoms with Crippen molar-refractivity contribution in [1.29, 1.82) is 0 Å². The molecule has 0 saturated carbocycles. The molecule has 0 atom stereocenters. The molecule has 0 aliphatic heterocycles. The normalized spacial score (nSPS) is 12.4. The Morgan fingerprint density at radius 2 is 1.45 bits per heavy atom. The maximum Gasteiger partial charge on any atom is 0 e. The number of nitrogens with zero attached hydrogens (tertiary/aromatic N) is 2. The molecular formula is C42H34GeIrN2O-2. The minimum Gasteiger partial charge on any atom is 0 e. The second-order valence-corrected chi connectivity index (χ2v) is 23.0. The molecule has 5 aromatic carbocycles. The van der Waals surface area contributed by atoms with Gasteiger partial charge < -0.3 is 4.98 Å². The molecule has 0 fully saturated rings. The third kappa shape index (κ3) is 6.87. The van der Waals surface area contributed by atoms with Crippen LogP contribution in [0.25, 0.3) is 66.4 Å². The summed E-state index contributed by atoms with van der Waals surface area (Å²) in [5.74, 6) is 7.27. The van der Waals surface area contributed by atoms with E-state index in [1.165, 1.54) is 21.4 Å². The minimum atomic E-state index is -2.07. The first-order valence-electron chi connectivity index (χ1n) is 16.8. The van der Waals surface area contributed by atoms with Gasteiger partial charge in [0, 0.05) is 30.4 Å². The van der Waals surface area contributed by atoms with Gasteiger partial charge in [-0.2, -0.15) is 0 Å². The van der Waals surface area contributed by atoms with Crippen LogP contribution in [0.15, 0.2) is 138 Å². The Morgan fingerprint density at radius 3 is 2.19 bits per heavy atom. The zero-order valence-corrected chi connectivity index (χ0v) is 30.8. The SMILES string of the molecule is [2H]C([2H])([2H])c1c[c-]c(-c2ccccn2)cc1.[CH3][Ge]([CH3])([CH3])[c]1ccc(-c2ccnc(-c3[c-]ccc4c3oc3c5ccccc5ccc43)c2)cc1.[Ir]. The summed E-state index contributed by atoms with van der Waals surface area (Å²) < 4.78 is 29.7. The van der Waals surface area contributed by atoms with Crippen LogP contribution in [-0.2, 0) is 20.1 Å². The zero-order valence-electron chi connectivity index (χ0n) is 29.3. The Labute approximate surface area is 296 Å². The fraction of sp³-hybridized carbons (Fsp3) is 0.0952. The summed E-state index contributed by atoms with van der Waals surface area (Å²) in [6, 6.07) is 46.7. The van der Waals surface area contributed by atoms with Crippen LogP contribution in [0.4, 0.5) is 0 Å². The van der Waals surface area contributed by atoms with E-state index < -0.39 is 20.1 Å². The number of furan rings is 1. The van der Waals surface area contributed by atoms with E-state index in [0.717, 1.165) is 55.4 Å². The van der Waals surface area contributed by atoms with Gasteiger partial charge in [-0.3, -0.25) is 0 Å². The van der Waals surface area contributed by atoms with Crippen molar-refractivity contribution in [3.63, 3.8) is 0 Å². The van der Waals surface area contributed by atoms with E-state index in [1.807, 2.05) is 30.5 Å². The number of fused-ring (bicyclic) bond motifs is 5. The fourth-order valence-electron chi connectivity index (χ4n) is 5.68. The Morgan fingerprint density at radius 1 is 0.660 bits per heavy atom. The Bertz CT molecular complexity index is 2400. The van der Waals surface area contributed by atoms with E-state index in [1.54, 1.807) is 18.3 Å². The number of rotatable bonds is 4. The average molecular weight is 851 g/mol. The molecule has 8 aromatic rings. The molecule has 0 saturated heterocycles. The molecule has 3 nitrogen and oxygen atoms in total. The maximum absolute atomic E-state index is 7.25. The predicted molar refractivity (Wildman–Crippen MR) is 195 cm³/mol. The molecule has 5 heteroatoms. The summed E-state index contributed by atoms with van der Waals surface area (Å²) >= 11 is -1.83. The number of pyridine rings is 2.